The number of rotatable bonds is 20. The number of aliphatic hydroxyl groups is 1. The quantitative estimate of drug-likeness (QED) is 0.189. The van der Waals surface area contributed by atoms with E-state index in [0.717, 1.165) is 51.4 Å². The molecule has 0 aromatic rings. The molecule has 0 spiro atoms. The van der Waals surface area contributed by atoms with Gasteiger partial charge < -0.3 is 5.11 Å². The smallest absolute Gasteiger partial charge is 0.264 e. The van der Waals surface area contributed by atoms with Crippen LogP contribution in [0.1, 0.15) is 122 Å². The lowest BCUT2D eigenvalue weighted by Crippen LogP contribution is -2.06. The Hall–Kier alpha value is -0.130. The maximum atomic E-state index is 10.6. The normalized spacial score (nSPS) is 13.2. The molecule has 4 nitrogen and oxygen atoms in total. The van der Waals surface area contributed by atoms with Gasteiger partial charge in [0.15, 0.2) is 0 Å². The van der Waals surface area contributed by atoms with E-state index >= 15 is 0 Å². The third kappa shape index (κ3) is 21.9. The second kappa shape index (κ2) is 18.2. The van der Waals surface area contributed by atoms with E-state index in [-0.39, 0.29) is 11.9 Å². The molecule has 0 aromatic heterocycles. The van der Waals surface area contributed by atoms with Crippen molar-refractivity contribution in [2.45, 2.75) is 129 Å². The molecule has 0 aliphatic rings. The second-order valence-electron chi connectivity index (χ2n) is 7.82. The van der Waals surface area contributed by atoms with Crippen molar-refractivity contribution < 1.29 is 18.1 Å². The lowest BCUT2D eigenvalue weighted by Gasteiger charge is -2.10. The molecule has 1 atom stereocenters. The first-order chi connectivity index (χ1) is 12.5. The van der Waals surface area contributed by atoms with E-state index in [4.69, 9.17) is 4.55 Å². The molecule has 26 heavy (non-hydrogen) atoms. The van der Waals surface area contributed by atoms with Gasteiger partial charge in [0, 0.05) is 0 Å². The van der Waals surface area contributed by atoms with Gasteiger partial charge in [-0.2, -0.15) is 8.42 Å². The van der Waals surface area contributed by atoms with Gasteiger partial charge in [-0.05, 0) is 19.3 Å². The van der Waals surface area contributed by atoms with Gasteiger partial charge in [0.2, 0.25) is 0 Å². The highest BCUT2D eigenvalue weighted by atomic mass is 32.2. The molecule has 2 N–H and O–H groups in total. The Kier molecular flexibility index (Phi) is 18.2. The fourth-order valence-electron chi connectivity index (χ4n) is 3.38. The summed E-state index contributed by atoms with van der Waals surface area (Å²) in [6.45, 7) is 2.26. The Bertz CT molecular complexity index is 381. The first-order valence-corrected chi connectivity index (χ1v) is 12.7. The summed E-state index contributed by atoms with van der Waals surface area (Å²) in [5, 5.41) is 10.0. The van der Waals surface area contributed by atoms with Gasteiger partial charge in [-0.1, -0.05) is 103 Å². The van der Waals surface area contributed by atoms with Crippen LogP contribution < -0.4 is 0 Å². The minimum atomic E-state index is -3.79. The van der Waals surface area contributed by atoms with Crippen molar-refractivity contribution in [1.29, 1.82) is 0 Å². The highest BCUT2D eigenvalue weighted by Crippen LogP contribution is 2.15. The molecule has 0 bridgehead atoms. The molecule has 0 amide bonds. The van der Waals surface area contributed by atoms with E-state index in [0.29, 0.717) is 6.42 Å². The van der Waals surface area contributed by atoms with Crippen molar-refractivity contribution in [3.63, 3.8) is 0 Å². The highest BCUT2D eigenvalue weighted by molar-refractivity contribution is 7.85. The molecule has 0 saturated carbocycles. The maximum absolute atomic E-state index is 10.6. The lowest BCUT2D eigenvalue weighted by molar-refractivity contribution is 0.147. The standard InChI is InChI=1S/C21H44O4S/c1-2-3-4-5-6-7-8-9-12-15-18-21(22)19-16-13-10-11-14-17-20-26(23,24)25/h21-22H,2-20H2,1H3,(H,23,24,25). The predicted molar refractivity (Wildman–Crippen MR) is 111 cm³/mol. The molecule has 1 unspecified atom stereocenters. The summed E-state index contributed by atoms with van der Waals surface area (Å²) in [6.07, 6.45) is 20.6. The molecular formula is C21H44O4S. The van der Waals surface area contributed by atoms with Crippen molar-refractivity contribution >= 4 is 10.1 Å². The van der Waals surface area contributed by atoms with Crippen LogP contribution in [0.4, 0.5) is 0 Å². The fraction of sp³-hybridized carbons (Fsp3) is 1.00. The van der Waals surface area contributed by atoms with Crippen LogP contribution in [0.25, 0.3) is 0 Å². The zero-order valence-corrected chi connectivity index (χ0v) is 17.9. The Balaban J connectivity index is 3.21. The third-order valence-corrected chi connectivity index (χ3v) is 5.89. The van der Waals surface area contributed by atoms with E-state index in [1.165, 1.54) is 57.8 Å². The Labute approximate surface area is 162 Å². The Morgan fingerprint density at radius 3 is 1.35 bits per heavy atom. The maximum Gasteiger partial charge on any atom is 0.264 e. The van der Waals surface area contributed by atoms with Crippen LogP contribution in [0.2, 0.25) is 0 Å². The van der Waals surface area contributed by atoms with Gasteiger partial charge in [0.1, 0.15) is 0 Å². The molecule has 0 saturated heterocycles. The Morgan fingerprint density at radius 2 is 0.962 bits per heavy atom. The molecule has 5 heteroatoms. The van der Waals surface area contributed by atoms with Crippen molar-refractivity contribution in [2.75, 3.05) is 5.75 Å². The van der Waals surface area contributed by atoms with E-state index < -0.39 is 10.1 Å². The molecule has 0 rings (SSSR count). The van der Waals surface area contributed by atoms with E-state index in [1.807, 2.05) is 0 Å². The van der Waals surface area contributed by atoms with Crippen LogP contribution in [0.3, 0.4) is 0 Å². The SMILES string of the molecule is CCCCCCCCCCCCC(O)CCCCCCCCS(=O)(=O)O. The first kappa shape index (κ1) is 25.9. The highest BCUT2D eigenvalue weighted by Gasteiger charge is 2.05. The van der Waals surface area contributed by atoms with Crippen LogP contribution in [-0.4, -0.2) is 29.9 Å². The molecule has 0 aliphatic carbocycles. The van der Waals surface area contributed by atoms with E-state index in [2.05, 4.69) is 6.92 Å². The number of hydrogen-bond donors (Lipinski definition) is 2. The summed E-state index contributed by atoms with van der Waals surface area (Å²) in [5.74, 6) is -0.120. The van der Waals surface area contributed by atoms with Crippen molar-refractivity contribution in [3.8, 4) is 0 Å². The van der Waals surface area contributed by atoms with Crippen LogP contribution in [0.5, 0.6) is 0 Å². The summed E-state index contributed by atoms with van der Waals surface area (Å²) in [5.41, 5.74) is 0. The van der Waals surface area contributed by atoms with Gasteiger partial charge in [0.25, 0.3) is 10.1 Å². The first-order valence-electron chi connectivity index (χ1n) is 11.1. The van der Waals surface area contributed by atoms with Gasteiger partial charge in [-0.15, -0.1) is 0 Å². The molecule has 0 heterocycles. The van der Waals surface area contributed by atoms with Crippen LogP contribution >= 0.6 is 0 Å². The topological polar surface area (TPSA) is 74.6 Å². The summed E-state index contributed by atoms with van der Waals surface area (Å²) in [6, 6.07) is 0. The number of hydrogen-bond acceptors (Lipinski definition) is 3. The van der Waals surface area contributed by atoms with Crippen LogP contribution in [0.15, 0.2) is 0 Å². The largest absolute Gasteiger partial charge is 0.393 e. The molecule has 0 fully saturated rings. The minimum absolute atomic E-state index is 0.120. The zero-order chi connectivity index (χ0) is 19.5. The predicted octanol–water partition coefficient (Wildman–Crippen LogP) is 6.28. The van der Waals surface area contributed by atoms with E-state index in [1.54, 1.807) is 0 Å². The third-order valence-electron chi connectivity index (χ3n) is 5.08. The molecule has 0 aliphatic heterocycles. The van der Waals surface area contributed by atoms with E-state index in [9.17, 15) is 13.5 Å². The average Bonchev–Trinajstić information content (AvgIpc) is 2.58. The molecule has 0 radical (unpaired) electrons. The van der Waals surface area contributed by atoms with Gasteiger partial charge in [-0.3, -0.25) is 4.55 Å². The molecule has 158 valence electrons. The molecule has 0 aromatic carbocycles. The number of unbranched alkanes of at least 4 members (excludes halogenated alkanes) is 14. The summed E-state index contributed by atoms with van der Waals surface area (Å²) < 4.78 is 29.8. The van der Waals surface area contributed by atoms with Gasteiger partial charge >= 0.3 is 0 Å². The van der Waals surface area contributed by atoms with Gasteiger partial charge in [0.05, 0.1) is 11.9 Å². The summed E-state index contributed by atoms with van der Waals surface area (Å²) >= 11 is 0. The monoisotopic (exact) mass is 392 g/mol. The summed E-state index contributed by atoms with van der Waals surface area (Å²) in [7, 11) is -3.79. The Morgan fingerprint density at radius 1 is 0.615 bits per heavy atom. The fourth-order valence-corrected chi connectivity index (χ4v) is 3.95. The van der Waals surface area contributed by atoms with Crippen LogP contribution in [0, 0.1) is 0 Å². The zero-order valence-electron chi connectivity index (χ0n) is 17.1. The van der Waals surface area contributed by atoms with Crippen molar-refractivity contribution in [1.82, 2.24) is 0 Å². The summed E-state index contributed by atoms with van der Waals surface area (Å²) in [4.78, 5) is 0. The minimum Gasteiger partial charge on any atom is -0.393 e. The van der Waals surface area contributed by atoms with Gasteiger partial charge in [-0.25, -0.2) is 0 Å². The lowest BCUT2D eigenvalue weighted by atomic mass is 10.0. The molecular weight excluding hydrogens is 348 g/mol. The van der Waals surface area contributed by atoms with Crippen molar-refractivity contribution in [3.05, 3.63) is 0 Å². The van der Waals surface area contributed by atoms with Crippen molar-refractivity contribution in [2.24, 2.45) is 0 Å². The van der Waals surface area contributed by atoms with Crippen LogP contribution in [-0.2, 0) is 10.1 Å². The second-order valence-corrected chi connectivity index (χ2v) is 9.39. The number of aliphatic hydroxyl groups excluding tert-OH is 1. The average molecular weight is 393 g/mol.